The highest BCUT2D eigenvalue weighted by atomic mass is 32.2. The van der Waals surface area contributed by atoms with Gasteiger partial charge in [0.05, 0.1) is 6.04 Å². The number of hydrogen-bond acceptors (Lipinski definition) is 3. The molecule has 2 N–H and O–H groups in total. The van der Waals surface area contributed by atoms with E-state index >= 15 is 0 Å². The Labute approximate surface area is 96.8 Å². The number of rotatable bonds is 3. The smallest absolute Gasteiger partial charge is 0.239 e. The lowest BCUT2D eigenvalue weighted by Crippen LogP contribution is -2.44. The highest BCUT2D eigenvalue weighted by molar-refractivity contribution is 7.99. The number of thioether (sulfide) groups is 1. The molecule has 1 heterocycles. The third kappa shape index (κ3) is 4.03. The fraction of sp³-hybridized carbons (Fsp3) is 0.909. The van der Waals surface area contributed by atoms with E-state index < -0.39 is 0 Å². The summed E-state index contributed by atoms with van der Waals surface area (Å²) in [5.41, 5.74) is 5.64. The topological polar surface area (TPSA) is 46.3 Å². The summed E-state index contributed by atoms with van der Waals surface area (Å²) in [7, 11) is 0. The van der Waals surface area contributed by atoms with Gasteiger partial charge in [0, 0.05) is 18.3 Å². The van der Waals surface area contributed by atoms with Gasteiger partial charge in [-0.2, -0.15) is 11.8 Å². The summed E-state index contributed by atoms with van der Waals surface area (Å²) in [6.45, 7) is 5.72. The Morgan fingerprint density at radius 1 is 1.60 bits per heavy atom. The molecule has 0 aromatic heterocycles. The molecule has 2 unspecified atom stereocenters. The zero-order valence-electron chi connectivity index (χ0n) is 9.74. The van der Waals surface area contributed by atoms with Gasteiger partial charge in [0.1, 0.15) is 0 Å². The predicted molar refractivity (Wildman–Crippen MR) is 66.0 cm³/mol. The number of nitrogens with two attached hydrogens (primary N) is 1. The van der Waals surface area contributed by atoms with Crippen LogP contribution in [-0.2, 0) is 4.79 Å². The van der Waals surface area contributed by atoms with Crippen molar-refractivity contribution in [2.45, 2.75) is 44.4 Å². The summed E-state index contributed by atoms with van der Waals surface area (Å²) in [5.74, 6) is 1.24. The van der Waals surface area contributed by atoms with Crippen molar-refractivity contribution in [2.75, 3.05) is 18.8 Å². The first-order chi connectivity index (χ1) is 7.15. The quantitative estimate of drug-likeness (QED) is 0.798. The molecule has 0 bridgehead atoms. The first-order valence-corrected chi connectivity index (χ1v) is 6.86. The Bertz CT molecular complexity index is 209. The monoisotopic (exact) mass is 230 g/mol. The maximum Gasteiger partial charge on any atom is 0.239 e. The van der Waals surface area contributed by atoms with Crippen LogP contribution in [-0.4, -0.2) is 40.9 Å². The van der Waals surface area contributed by atoms with E-state index in [1.807, 2.05) is 16.7 Å². The Hall–Kier alpha value is -0.220. The first kappa shape index (κ1) is 12.8. The van der Waals surface area contributed by atoms with Gasteiger partial charge in [-0.25, -0.2) is 0 Å². The Morgan fingerprint density at radius 2 is 2.33 bits per heavy atom. The molecule has 1 saturated heterocycles. The van der Waals surface area contributed by atoms with Crippen molar-refractivity contribution >= 4 is 17.7 Å². The summed E-state index contributed by atoms with van der Waals surface area (Å²) in [4.78, 5) is 13.7. The van der Waals surface area contributed by atoms with Gasteiger partial charge in [0.15, 0.2) is 0 Å². The normalized spacial score (nSPS) is 24.7. The number of nitrogens with zero attached hydrogens (tertiary/aromatic N) is 1. The molecule has 0 aliphatic carbocycles. The summed E-state index contributed by atoms with van der Waals surface area (Å²) in [6.07, 6.45) is 3.60. The van der Waals surface area contributed by atoms with Crippen LogP contribution in [0.1, 0.15) is 33.1 Å². The second kappa shape index (κ2) is 6.38. The Kier molecular flexibility index (Phi) is 5.47. The highest BCUT2D eigenvalue weighted by Gasteiger charge is 2.23. The van der Waals surface area contributed by atoms with E-state index in [0.29, 0.717) is 5.25 Å². The van der Waals surface area contributed by atoms with Crippen molar-refractivity contribution in [1.82, 2.24) is 4.90 Å². The van der Waals surface area contributed by atoms with Gasteiger partial charge in [-0.15, -0.1) is 0 Å². The van der Waals surface area contributed by atoms with E-state index in [-0.39, 0.29) is 11.9 Å². The fourth-order valence-electron chi connectivity index (χ4n) is 1.96. The molecule has 4 heteroatoms. The molecular formula is C11H22N2OS. The Morgan fingerprint density at radius 3 is 2.93 bits per heavy atom. The van der Waals surface area contributed by atoms with Gasteiger partial charge in [-0.3, -0.25) is 4.79 Å². The molecule has 0 aromatic rings. The highest BCUT2D eigenvalue weighted by Crippen LogP contribution is 2.22. The van der Waals surface area contributed by atoms with Gasteiger partial charge >= 0.3 is 0 Å². The maximum absolute atomic E-state index is 11.8. The van der Waals surface area contributed by atoms with Crippen LogP contribution in [0.15, 0.2) is 0 Å². The molecule has 1 aliphatic rings. The number of carbonyl (C=O) groups is 1. The summed E-state index contributed by atoms with van der Waals surface area (Å²) < 4.78 is 0. The van der Waals surface area contributed by atoms with E-state index in [1.54, 1.807) is 6.92 Å². The minimum Gasteiger partial charge on any atom is -0.340 e. The number of carbonyl (C=O) groups excluding carboxylic acids is 1. The van der Waals surface area contributed by atoms with E-state index in [2.05, 4.69) is 6.92 Å². The molecule has 0 spiro atoms. The lowest BCUT2D eigenvalue weighted by Gasteiger charge is -2.25. The van der Waals surface area contributed by atoms with Gasteiger partial charge in [0.2, 0.25) is 5.91 Å². The second-order valence-corrected chi connectivity index (χ2v) is 5.72. The van der Waals surface area contributed by atoms with Gasteiger partial charge in [-0.05, 0) is 25.5 Å². The molecule has 0 radical (unpaired) electrons. The van der Waals surface area contributed by atoms with Crippen molar-refractivity contribution < 1.29 is 4.79 Å². The third-order valence-electron chi connectivity index (χ3n) is 2.73. The van der Waals surface area contributed by atoms with E-state index in [1.165, 1.54) is 12.8 Å². The molecule has 88 valence electrons. The van der Waals surface area contributed by atoms with Crippen molar-refractivity contribution in [3.63, 3.8) is 0 Å². The standard InChI is InChI=1S/C11H22N2OS/c1-3-15-10-6-4-5-7-13(8-10)11(14)9(2)12/h9-10H,3-8,12H2,1-2H3. The molecule has 15 heavy (non-hydrogen) atoms. The maximum atomic E-state index is 11.8. The summed E-state index contributed by atoms with van der Waals surface area (Å²) in [5, 5.41) is 0.611. The van der Waals surface area contributed by atoms with Crippen LogP contribution in [0, 0.1) is 0 Å². The van der Waals surface area contributed by atoms with Crippen LogP contribution in [0.25, 0.3) is 0 Å². The minimum absolute atomic E-state index is 0.110. The average Bonchev–Trinajstić information content (AvgIpc) is 2.42. The lowest BCUT2D eigenvalue weighted by molar-refractivity contribution is -0.132. The molecule has 2 atom stereocenters. The molecule has 1 fully saturated rings. The van der Waals surface area contributed by atoms with E-state index in [4.69, 9.17) is 5.73 Å². The molecule has 0 aromatic carbocycles. The van der Waals surface area contributed by atoms with Gasteiger partial charge < -0.3 is 10.6 Å². The van der Waals surface area contributed by atoms with E-state index in [9.17, 15) is 4.79 Å². The third-order valence-corrected chi connectivity index (χ3v) is 3.92. The number of amides is 1. The van der Waals surface area contributed by atoms with Crippen molar-refractivity contribution in [3.05, 3.63) is 0 Å². The zero-order valence-corrected chi connectivity index (χ0v) is 10.6. The lowest BCUT2D eigenvalue weighted by atomic mass is 10.2. The van der Waals surface area contributed by atoms with Crippen LogP contribution in [0.3, 0.4) is 0 Å². The van der Waals surface area contributed by atoms with Crippen molar-refractivity contribution in [3.8, 4) is 0 Å². The summed E-state index contributed by atoms with van der Waals surface area (Å²) >= 11 is 1.96. The number of likely N-dealkylation sites (tertiary alicyclic amines) is 1. The second-order valence-electron chi connectivity index (χ2n) is 4.15. The predicted octanol–water partition coefficient (Wildman–Crippen LogP) is 1.47. The summed E-state index contributed by atoms with van der Waals surface area (Å²) in [6, 6.07) is -0.352. The SMILES string of the molecule is CCSC1CCCCN(C(=O)C(C)N)C1. The van der Waals surface area contributed by atoms with Crippen molar-refractivity contribution in [1.29, 1.82) is 0 Å². The fourth-order valence-corrected chi connectivity index (χ4v) is 3.05. The largest absolute Gasteiger partial charge is 0.340 e. The molecule has 1 amide bonds. The van der Waals surface area contributed by atoms with E-state index in [0.717, 1.165) is 25.3 Å². The van der Waals surface area contributed by atoms with Crippen LogP contribution in [0.4, 0.5) is 0 Å². The van der Waals surface area contributed by atoms with Gasteiger partial charge in [0.25, 0.3) is 0 Å². The Balaban J connectivity index is 2.52. The van der Waals surface area contributed by atoms with Crippen LogP contribution in [0.5, 0.6) is 0 Å². The molecule has 1 rings (SSSR count). The molecular weight excluding hydrogens is 208 g/mol. The number of hydrogen-bond donors (Lipinski definition) is 1. The zero-order chi connectivity index (χ0) is 11.3. The average molecular weight is 230 g/mol. The van der Waals surface area contributed by atoms with Crippen LogP contribution < -0.4 is 5.73 Å². The minimum atomic E-state index is -0.352. The molecule has 0 saturated carbocycles. The first-order valence-electron chi connectivity index (χ1n) is 5.81. The molecule has 1 aliphatic heterocycles. The molecule has 3 nitrogen and oxygen atoms in total. The van der Waals surface area contributed by atoms with Gasteiger partial charge in [-0.1, -0.05) is 13.3 Å². The van der Waals surface area contributed by atoms with Crippen LogP contribution >= 0.6 is 11.8 Å². The van der Waals surface area contributed by atoms with Crippen LogP contribution in [0.2, 0.25) is 0 Å². The van der Waals surface area contributed by atoms with Crippen molar-refractivity contribution in [2.24, 2.45) is 5.73 Å².